The molecule has 20 heavy (non-hydrogen) atoms. The van der Waals surface area contributed by atoms with Crippen LogP contribution in [0.3, 0.4) is 0 Å². The molecule has 1 heterocycles. The Balaban J connectivity index is 2.20. The van der Waals surface area contributed by atoms with Crippen LogP contribution < -0.4 is 10.6 Å². The van der Waals surface area contributed by atoms with E-state index in [2.05, 4.69) is 74.5 Å². The Labute approximate surface area is 122 Å². The van der Waals surface area contributed by atoms with Crippen LogP contribution in [0.4, 0.5) is 0 Å². The predicted octanol–water partition coefficient (Wildman–Crippen LogP) is 3.46. The minimum absolute atomic E-state index is 0.640. The number of hydrogen-bond acceptors (Lipinski definition) is 1. The first kappa shape index (κ1) is 13.8. The normalized spacial score (nSPS) is 16.1. The quantitative estimate of drug-likeness (QED) is 0.782. The molecule has 104 valence electrons. The molecule has 0 unspecified atom stereocenters. The van der Waals surface area contributed by atoms with E-state index in [4.69, 9.17) is 4.74 Å². The van der Waals surface area contributed by atoms with Crippen molar-refractivity contribution in [2.45, 2.75) is 25.2 Å². The lowest BCUT2D eigenvalue weighted by Crippen LogP contribution is -2.46. The van der Waals surface area contributed by atoms with Crippen LogP contribution in [0.2, 0.25) is 0 Å². The maximum atomic E-state index is 5.56. The van der Waals surface area contributed by atoms with E-state index in [-0.39, 0.29) is 0 Å². The van der Waals surface area contributed by atoms with Crippen molar-refractivity contribution in [3.05, 3.63) is 60.7 Å². The molecule has 2 aromatic rings. The molecule has 0 amide bonds. The summed E-state index contributed by atoms with van der Waals surface area (Å²) in [4.78, 5) is 0. The summed E-state index contributed by atoms with van der Waals surface area (Å²) in [6, 6.07) is 22.2. The summed E-state index contributed by atoms with van der Waals surface area (Å²) in [6.07, 6.45) is 0. The second-order valence-corrected chi connectivity index (χ2v) is 10.1. The summed E-state index contributed by atoms with van der Waals surface area (Å²) in [5, 5.41) is 3.05. The lowest BCUT2D eigenvalue weighted by molar-refractivity contribution is 0.0424. The number of rotatable bonds is 4. The lowest BCUT2D eigenvalue weighted by atomic mass is 10.3. The van der Waals surface area contributed by atoms with Gasteiger partial charge in [-0.25, -0.2) is 0 Å². The topological polar surface area (TPSA) is 9.23 Å². The third kappa shape index (κ3) is 2.10. The summed E-state index contributed by atoms with van der Waals surface area (Å²) in [5.41, 5.74) is 1.31. The molecule has 1 aliphatic rings. The predicted molar refractivity (Wildman–Crippen MR) is 88.8 cm³/mol. The van der Waals surface area contributed by atoms with Gasteiger partial charge in [0.1, 0.15) is 5.66 Å². The Morgan fingerprint density at radius 3 is 1.60 bits per heavy atom. The highest BCUT2D eigenvalue weighted by Crippen LogP contribution is 2.66. The first-order chi connectivity index (χ1) is 9.76. The van der Waals surface area contributed by atoms with Crippen LogP contribution >= 0.6 is 7.26 Å². The molecule has 2 aromatic carbocycles. The summed E-state index contributed by atoms with van der Waals surface area (Å²) in [5.74, 6) is 0. The molecule has 0 atom stereocenters. The second-order valence-electron chi connectivity index (χ2n) is 5.73. The van der Waals surface area contributed by atoms with Crippen molar-refractivity contribution in [2.24, 2.45) is 0 Å². The summed E-state index contributed by atoms with van der Waals surface area (Å²) in [6.45, 7) is 6.59. The zero-order valence-electron chi connectivity index (χ0n) is 12.2. The summed E-state index contributed by atoms with van der Waals surface area (Å²) >= 11 is 0. The van der Waals surface area contributed by atoms with Gasteiger partial charge >= 0.3 is 0 Å². The number of hydrogen-bond donors (Lipinski definition) is 0. The molecular formula is C18H22OP+. The standard InChI is InChI=1S/C18H22OP/c1-15(2)20(18-13-19-14-18,16-9-5-3-6-10-16)17-11-7-4-8-12-17/h3-12,15,18H,13-14H2,1-2H3/q+1. The molecule has 0 aliphatic carbocycles. The van der Waals surface area contributed by atoms with E-state index in [0.717, 1.165) is 13.2 Å². The number of ether oxygens (including phenoxy) is 1. The molecule has 1 nitrogen and oxygen atoms in total. The third-order valence-electron chi connectivity index (χ3n) is 4.38. The Morgan fingerprint density at radius 2 is 1.30 bits per heavy atom. The van der Waals surface area contributed by atoms with Crippen LogP contribution in [-0.4, -0.2) is 24.5 Å². The first-order valence-electron chi connectivity index (χ1n) is 7.33. The molecule has 0 spiro atoms. The molecule has 0 aromatic heterocycles. The van der Waals surface area contributed by atoms with Gasteiger partial charge in [0.05, 0.1) is 36.7 Å². The van der Waals surface area contributed by atoms with Gasteiger partial charge in [0, 0.05) is 0 Å². The van der Waals surface area contributed by atoms with Crippen LogP contribution in [0.15, 0.2) is 60.7 Å². The fraction of sp³-hybridized carbons (Fsp3) is 0.333. The molecule has 1 aliphatic heterocycles. The van der Waals surface area contributed by atoms with Crippen LogP contribution in [0.5, 0.6) is 0 Å². The van der Waals surface area contributed by atoms with Crippen LogP contribution in [0, 0.1) is 0 Å². The van der Waals surface area contributed by atoms with Gasteiger partial charge in [-0.05, 0) is 38.1 Å². The lowest BCUT2D eigenvalue weighted by Gasteiger charge is -2.41. The molecule has 0 saturated carbocycles. The summed E-state index contributed by atoms with van der Waals surface area (Å²) in [7, 11) is -1.40. The van der Waals surface area contributed by atoms with Gasteiger partial charge in [-0.2, -0.15) is 0 Å². The van der Waals surface area contributed by atoms with Gasteiger partial charge in [0.15, 0.2) is 0 Å². The largest absolute Gasteiger partial charge is 0.373 e. The average Bonchev–Trinajstić information content (AvgIpc) is 2.44. The van der Waals surface area contributed by atoms with Crippen LogP contribution in [-0.2, 0) is 4.74 Å². The van der Waals surface area contributed by atoms with Gasteiger partial charge in [0.2, 0.25) is 0 Å². The van der Waals surface area contributed by atoms with Gasteiger partial charge in [-0.15, -0.1) is 0 Å². The molecule has 3 rings (SSSR count). The van der Waals surface area contributed by atoms with Crippen molar-refractivity contribution in [3.63, 3.8) is 0 Å². The fourth-order valence-corrected chi connectivity index (χ4v) is 8.59. The Kier molecular flexibility index (Phi) is 3.92. The average molecular weight is 285 g/mol. The molecule has 1 saturated heterocycles. The van der Waals surface area contributed by atoms with Crippen molar-refractivity contribution in [2.75, 3.05) is 13.2 Å². The van der Waals surface area contributed by atoms with Gasteiger partial charge in [0.25, 0.3) is 0 Å². The van der Waals surface area contributed by atoms with Crippen molar-refractivity contribution in [1.29, 1.82) is 0 Å². The smallest absolute Gasteiger partial charge is 0.126 e. The van der Waals surface area contributed by atoms with Crippen molar-refractivity contribution < 1.29 is 4.74 Å². The Hall–Kier alpha value is -1.17. The molecule has 1 fully saturated rings. The van der Waals surface area contributed by atoms with E-state index in [1.165, 1.54) is 10.6 Å². The molecule has 0 bridgehead atoms. The van der Waals surface area contributed by atoms with Crippen molar-refractivity contribution in [1.82, 2.24) is 0 Å². The minimum Gasteiger partial charge on any atom is -0.373 e. The van der Waals surface area contributed by atoms with E-state index >= 15 is 0 Å². The highest BCUT2D eigenvalue weighted by Gasteiger charge is 2.55. The van der Waals surface area contributed by atoms with E-state index in [0.29, 0.717) is 11.3 Å². The maximum absolute atomic E-state index is 5.56. The zero-order valence-corrected chi connectivity index (χ0v) is 13.1. The third-order valence-corrected chi connectivity index (χ3v) is 9.76. The van der Waals surface area contributed by atoms with E-state index in [9.17, 15) is 0 Å². The molecule has 0 N–H and O–H groups in total. The Bertz CT molecular complexity index is 507. The molecule has 2 heteroatoms. The minimum atomic E-state index is -1.40. The highest BCUT2D eigenvalue weighted by molar-refractivity contribution is 7.90. The number of benzene rings is 2. The van der Waals surface area contributed by atoms with E-state index < -0.39 is 7.26 Å². The monoisotopic (exact) mass is 285 g/mol. The van der Waals surface area contributed by atoms with Crippen molar-refractivity contribution >= 4 is 17.9 Å². The zero-order chi connectivity index (χ0) is 14.0. The second kappa shape index (κ2) is 5.68. The van der Waals surface area contributed by atoms with Gasteiger partial charge in [-0.1, -0.05) is 36.4 Å². The van der Waals surface area contributed by atoms with Crippen LogP contribution in [0.25, 0.3) is 0 Å². The van der Waals surface area contributed by atoms with E-state index in [1.54, 1.807) is 0 Å². The van der Waals surface area contributed by atoms with E-state index in [1.807, 2.05) is 0 Å². The van der Waals surface area contributed by atoms with Crippen molar-refractivity contribution in [3.8, 4) is 0 Å². The highest BCUT2D eigenvalue weighted by atomic mass is 31.2. The summed E-state index contributed by atoms with van der Waals surface area (Å²) < 4.78 is 5.56. The molecular weight excluding hydrogens is 263 g/mol. The Morgan fingerprint density at radius 1 is 0.850 bits per heavy atom. The van der Waals surface area contributed by atoms with Gasteiger partial charge in [-0.3, -0.25) is 0 Å². The molecule has 0 radical (unpaired) electrons. The SMILES string of the molecule is CC(C)[P+](c1ccccc1)(c1ccccc1)C1COC1. The van der Waals surface area contributed by atoms with Crippen LogP contribution in [0.1, 0.15) is 13.8 Å². The fourth-order valence-electron chi connectivity index (χ4n) is 3.40. The first-order valence-corrected chi connectivity index (χ1v) is 9.26. The maximum Gasteiger partial charge on any atom is 0.126 e. The van der Waals surface area contributed by atoms with Gasteiger partial charge < -0.3 is 4.74 Å².